The van der Waals surface area contributed by atoms with Crippen molar-refractivity contribution >= 4 is 33.4 Å². The van der Waals surface area contributed by atoms with Crippen LogP contribution in [0.5, 0.6) is 0 Å². The zero-order valence-corrected chi connectivity index (χ0v) is 11.9. The van der Waals surface area contributed by atoms with Gasteiger partial charge in [0.1, 0.15) is 0 Å². The highest BCUT2D eigenvalue weighted by Crippen LogP contribution is 2.20. The number of primary amides is 1. The van der Waals surface area contributed by atoms with Crippen LogP contribution in [0.25, 0.3) is 0 Å². The van der Waals surface area contributed by atoms with Crippen LogP contribution in [0.1, 0.15) is 24.8 Å². The van der Waals surface area contributed by atoms with E-state index < -0.39 is 0 Å². The summed E-state index contributed by atoms with van der Waals surface area (Å²) >= 11 is 9.46. The van der Waals surface area contributed by atoms with E-state index in [1.165, 1.54) is 0 Å². The quantitative estimate of drug-likeness (QED) is 0.759. The highest BCUT2D eigenvalue weighted by molar-refractivity contribution is 9.10. The van der Waals surface area contributed by atoms with Gasteiger partial charge in [-0.25, -0.2) is 0 Å². The number of carbonyl (C=O) groups is 1. The lowest BCUT2D eigenvalue weighted by Gasteiger charge is -2.07. The van der Waals surface area contributed by atoms with Crippen molar-refractivity contribution in [3.63, 3.8) is 0 Å². The molecule has 1 amide bonds. The van der Waals surface area contributed by atoms with E-state index in [1.54, 1.807) is 0 Å². The normalized spacial score (nSPS) is 10.5. The first-order chi connectivity index (χ1) is 8.09. The molecule has 1 aromatic carbocycles. The number of unbranched alkanes of at least 4 members (excludes halogenated alkanes) is 1. The molecule has 0 saturated heterocycles. The molecule has 0 heterocycles. The van der Waals surface area contributed by atoms with E-state index in [0.29, 0.717) is 6.42 Å². The Morgan fingerprint density at radius 2 is 2.18 bits per heavy atom. The molecule has 0 aliphatic carbocycles. The number of halogens is 2. The Kier molecular flexibility index (Phi) is 6.55. The Bertz CT molecular complexity index is 385. The fourth-order valence-corrected chi connectivity index (χ4v) is 2.04. The molecule has 0 bridgehead atoms. The van der Waals surface area contributed by atoms with Gasteiger partial charge in [-0.05, 0) is 43.1 Å². The summed E-state index contributed by atoms with van der Waals surface area (Å²) in [5.41, 5.74) is 6.12. The number of amides is 1. The van der Waals surface area contributed by atoms with Crippen molar-refractivity contribution in [3.8, 4) is 0 Å². The van der Waals surface area contributed by atoms with E-state index in [4.69, 9.17) is 17.3 Å². The van der Waals surface area contributed by atoms with Crippen LogP contribution >= 0.6 is 27.5 Å². The average Bonchev–Trinajstić information content (AvgIpc) is 2.27. The fraction of sp³-hybridized carbons (Fsp3) is 0.417. The SMILES string of the molecule is NC(=O)CCCCNCc1cc(Br)ccc1Cl. The third-order valence-electron chi connectivity index (χ3n) is 2.35. The molecule has 94 valence electrons. The maximum atomic E-state index is 10.5. The summed E-state index contributed by atoms with van der Waals surface area (Å²) in [5, 5.41) is 4.05. The van der Waals surface area contributed by atoms with Gasteiger partial charge in [0.05, 0.1) is 0 Å². The van der Waals surface area contributed by atoms with Crippen molar-refractivity contribution in [2.75, 3.05) is 6.54 Å². The van der Waals surface area contributed by atoms with E-state index in [9.17, 15) is 4.79 Å². The Balaban J connectivity index is 2.22. The molecule has 3 N–H and O–H groups in total. The van der Waals surface area contributed by atoms with Crippen LogP contribution in [0.15, 0.2) is 22.7 Å². The highest BCUT2D eigenvalue weighted by atomic mass is 79.9. The molecule has 17 heavy (non-hydrogen) atoms. The number of rotatable bonds is 7. The van der Waals surface area contributed by atoms with Gasteiger partial charge < -0.3 is 11.1 Å². The maximum Gasteiger partial charge on any atom is 0.217 e. The zero-order chi connectivity index (χ0) is 12.7. The van der Waals surface area contributed by atoms with Crippen LogP contribution in [0, 0.1) is 0 Å². The van der Waals surface area contributed by atoms with Gasteiger partial charge in [-0.1, -0.05) is 27.5 Å². The summed E-state index contributed by atoms with van der Waals surface area (Å²) < 4.78 is 1.02. The third-order valence-corrected chi connectivity index (χ3v) is 3.21. The molecular weight excluding hydrogens is 304 g/mol. The van der Waals surface area contributed by atoms with Crippen molar-refractivity contribution in [2.45, 2.75) is 25.8 Å². The number of nitrogens with two attached hydrogens (primary N) is 1. The Hall–Kier alpha value is -0.580. The standard InChI is InChI=1S/C12H16BrClN2O/c13-10-4-5-11(14)9(7-10)8-16-6-2-1-3-12(15)17/h4-5,7,16H,1-3,6,8H2,(H2,15,17). The second-order valence-electron chi connectivity index (χ2n) is 3.84. The first-order valence-corrected chi connectivity index (χ1v) is 6.69. The first-order valence-electron chi connectivity index (χ1n) is 5.52. The smallest absolute Gasteiger partial charge is 0.217 e. The number of benzene rings is 1. The Morgan fingerprint density at radius 3 is 2.88 bits per heavy atom. The van der Waals surface area contributed by atoms with Crippen LogP contribution in [0.4, 0.5) is 0 Å². The van der Waals surface area contributed by atoms with Crippen LogP contribution in [0.2, 0.25) is 5.02 Å². The summed E-state index contributed by atoms with van der Waals surface area (Å²) in [7, 11) is 0. The zero-order valence-electron chi connectivity index (χ0n) is 9.51. The van der Waals surface area contributed by atoms with E-state index in [0.717, 1.165) is 41.0 Å². The van der Waals surface area contributed by atoms with Crippen molar-refractivity contribution in [2.24, 2.45) is 5.73 Å². The molecule has 5 heteroatoms. The van der Waals surface area contributed by atoms with Gasteiger partial charge >= 0.3 is 0 Å². The van der Waals surface area contributed by atoms with Crippen molar-refractivity contribution in [3.05, 3.63) is 33.3 Å². The van der Waals surface area contributed by atoms with E-state index in [2.05, 4.69) is 21.2 Å². The maximum absolute atomic E-state index is 10.5. The summed E-state index contributed by atoms with van der Waals surface area (Å²) in [5.74, 6) is -0.236. The Labute approximate surface area is 115 Å². The molecule has 0 unspecified atom stereocenters. The lowest BCUT2D eigenvalue weighted by molar-refractivity contribution is -0.118. The first kappa shape index (κ1) is 14.5. The van der Waals surface area contributed by atoms with E-state index >= 15 is 0 Å². The summed E-state index contributed by atoms with van der Waals surface area (Å²) in [4.78, 5) is 10.5. The average molecular weight is 320 g/mol. The fourth-order valence-electron chi connectivity index (χ4n) is 1.45. The molecule has 1 rings (SSSR count). The van der Waals surface area contributed by atoms with E-state index in [-0.39, 0.29) is 5.91 Å². The molecule has 0 aliphatic heterocycles. The van der Waals surface area contributed by atoms with Crippen molar-refractivity contribution in [1.29, 1.82) is 0 Å². The molecule has 0 fully saturated rings. The monoisotopic (exact) mass is 318 g/mol. The number of hydrogen-bond acceptors (Lipinski definition) is 2. The lowest BCUT2D eigenvalue weighted by Crippen LogP contribution is -2.16. The molecule has 0 radical (unpaired) electrons. The Morgan fingerprint density at radius 1 is 1.41 bits per heavy atom. The number of carbonyl (C=O) groups excluding carboxylic acids is 1. The summed E-state index contributed by atoms with van der Waals surface area (Å²) in [6, 6.07) is 5.78. The number of nitrogens with one attached hydrogen (secondary N) is 1. The van der Waals surface area contributed by atoms with Crippen LogP contribution < -0.4 is 11.1 Å². The van der Waals surface area contributed by atoms with Gasteiger partial charge in [0.25, 0.3) is 0 Å². The van der Waals surface area contributed by atoms with Gasteiger partial charge in [0.2, 0.25) is 5.91 Å². The second kappa shape index (κ2) is 7.69. The predicted octanol–water partition coefficient (Wildman–Crippen LogP) is 2.85. The molecule has 1 aromatic rings. The molecule has 3 nitrogen and oxygen atoms in total. The minimum atomic E-state index is -0.236. The van der Waals surface area contributed by atoms with Crippen molar-refractivity contribution < 1.29 is 4.79 Å². The largest absolute Gasteiger partial charge is 0.370 e. The van der Waals surface area contributed by atoms with Gasteiger partial charge in [0.15, 0.2) is 0 Å². The van der Waals surface area contributed by atoms with Crippen LogP contribution in [0.3, 0.4) is 0 Å². The van der Waals surface area contributed by atoms with Crippen LogP contribution in [-0.2, 0) is 11.3 Å². The summed E-state index contributed by atoms with van der Waals surface area (Å²) in [6.45, 7) is 1.59. The second-order valence-corrected chi connectivity index (χ2v) is 5.16. The van der Waals surface area contributed by atoms with Gasteiger partial charge in [-0.3, -0.25) is 4.79 Å². The molecule has 0 saturated carbocycles. The number of hydrogen-bond donors (Lipinski definition) is 2. The highest BCUT2D eigenvalue weighted by Gasteiger charge is 2.00. The lowest BCUT2D eigenvalue weighted by atomic mass is 10.2. The summed E-state index contributed by atoms with van der Waals surface area (Å²) in [6.07, 6.45) is 2.22. The molecule has 0 spiro atoms. The molecule has 0 atom stereocenters. The van der Waals surface area contributed by atoms with Gasteiger partial charge in [0, 0.05) is 22.5 Å². The van der Waals surface area contributed by atoms with Crippen LogP contribution in [-0.4, -0.2) is 12.5 Å². The van der Waals surface area contributed by atoms with Gasteiger partial charge in [-0.2, -0.15) is 0 Å². The topological polar surface area (TPSA) is 55.1 Å². The minimum Gasteiger partial charge on any atom is -0.370 e. The van der Waals surface area contributed by atoms with Crippen molar-refractivity contribution in [1.82, 2.24) is 5.32 Å². The van der Waals surface area contributed by atoms with E-state index in [1.807, 2.05) is 18.2 Å². The molecule has 0 aliphatic rings. The minimum absolute atomic E-state index is 0.236. The molecular formula is C12H16BrClN2O. The van der Waals surface area contributed by atoms with Gasteiger partial charge in [-0.15, -0.1) is 0 Å². The molecule has 0 aromatic heterocycles. The third kappa shape index (κ3) is 6.05. The predicted molar refractivity (Wildman–Crippen MR) is 73.9 cm³/mol.